The average molecular weight is 679 g/mol. The third-order valence-corrected chi connectivity index (χ3v) is 9.88. The van der Waals surface area contributed by atoms with Gasteiger partial charge in [0.2, 0.25) is 5.82 Å². The van der Waals surface area contributed by atoms with Gasteiger partial charge in [-0.1, -0.05) is 153 Å². The van der Waals surface area contributed by atoms with Gasteiger partial charge in [0.15, 0.2) is 5.54 Å². The molecule has 0 unspecified atom stereocenters. The molecule has 0 atom stereocenters. The highest BCUT2D eigenvalue weighted by atomic mass is 16.1. The van der Waals surface area contributed by atoms with E-state index in [1.54, 1.807) is 10.9 Å². The number of aryl methyl sites for hydroxylation is 2. The van der Waals surface area contributed by atoms with Crippen molar-refractivity contribution >= 4 is 10.9 Å². The molecule has 7 nitrogen and oxygen atoms in total. The molecule has 8 aromatic rings. The first-order valence-electron chi connectivity index (χ1n) is 17.8. The fourth-order valence-corrected chi connectivity index (χ4v) is 7.28. The molecule has 0 N–H and O–H groups in total. The van der Waals surface area contributed by atoms with Crippen LogP contribution in [0.2, 0.25) is 0 Å². The Kier molecular flexibility index (Phi) is 8.83. The Morgan fingerprint density at radius 3 is 1.77 bits per heavy atom. The second-order valence-electron chi connectivity index (χ2n) is 12.9. The van der Waals surface area contributed by atoms with E-state index in [0.29, 0.717) is 12.4 Å². The van der Waals surface area contributed by atoms with Gasteiger partial charge in [0.1, 0.15) is 0 Å². The minimum Gasteiger partial charge on any atom is -0.304 e. The largest absolute Gasteiger partial charge is 0.304 e. The average Bonchev–Trinajstić information content (AvgIpc) is 3.71. The van der Waals surface area contributed by atoms with Crippen LogP contribution in [0.4, 0.5) is 0 Å². The van der Waals surface area contributed by atoms with Crippen molar-refractivity contribution < 1.29 is 0 Å². The van der Waals surface area contributed by atoms with Gasteiger partial charge in [-0.2, -0.15) is 0 Å². The topological polar surface area (TPSA) is 78.5 Å². The van der Waals surface area contributed by atoms with Crippen LogP contribution in [-0.4, -0.2) is 29.8 Å². The Bertz CT molecular complexity index is 2430. The molecule has 0 bridgehead atoms. The Morgan fingerprint density at radius 2 is 1.19 bits per heavy atom. The van der Waals surface area contributed by atoms with Gasteiger partial charge in [-0.3, -0.25) is 9.78 Å². The lowest BCUT2D eigenvalue weighted by Crippen LogP contribution is -2.39. The number of hydrogen-bond donors (Lipinski definition) is 0. The van der Waals surface area contributed by atoms with Crippen molar-refractivity contribution in [1.82, 2.24) is 29.8 Å². The molecular formula is C45H38N6O. The van der Waals surface area contributed by atoms with Crippen molar-refractivity contribution in [3.05, 3.63) is 202 Å². The zero-order valence-electron chi connectivity index (χ0n) is 29.2. The number of nitrogens with zero attached hydrogens (tertiary/aromatic N) is 6. The summed E-state index contributed by atoms with van der Waals surface area (Å²) in [5, 5.41) is 15.7. The predicted octanol–water partition coefficient (Wildman–Crippen LogP) is 8.73. The molecule has 0 saturated carbocycles. The van der Waals surface area contributed by atoms with Gasteiger partial charge in [0.05, 0.1) is 12.1 Å². The Morgan fingerprint density at radius 1 is 0.615 bits per heavy atom. The Labute approximate surface area is 302 Å². The molecule has 0 spiro atoms. The SMILES string of the molecule is CCc1cc2c(ccc(=O)n2Cc2ccc(-c3ccccc3-c3nnn(C(c4ccccc4)(c4ccccc4)c4ccccc4)n3)cc2)c(CC)n1. The standard InChI is InChI=1S/C45H38N6O/c1-3-37-30-42-40(41(4-2)46-37)28-29-43(52)50(42)31-32-24-26-33(27-25-32)38-22-14-15-23-39(38)44-47-49-51(48-44)45(34-16-8-5-9-17-34,35-18-10-6-11-19-35)36-20-12-7-13-21-36/h5-30H,3-4,31H2,1-2H3. The van der Waals surface area contributed by atoms with Crippen molar-refractivity contribution in [3.63, 3.8) is 0 Å². The van der Waals surface area contributed by atoms with E-state index in [1.165, 1.54) is 0 Å². The fraction of sp³-hybridized carbons (Fsp3) is 0.133. The maximum Gasteiger partial charge on any atom is 0.251 e. The molecule has 0 radical (unpaired) electrons. The second kappa shape index (κ2) is 14.0. The number of tetrazole rings is 1. The third kappa shape index (κ3) is 5.80. The highest BCUT2D eigenvalue weighted by Gasteiger charge is 2.41. The van der Waals surface area contributed by atoms with Gasteiger partial charge in [-0.25, -0.2) is 0 Å². The quantitative estimate of drug-likeness (QED) is 0.135. The van der Waals surface area contributed by atoms with Gasteiger partial charge < -0.3 is 4.57 Å². The van der Waals surface area contributed by atoms with Crippen LogP contribution in [0, 0.1) is 0 Å². The highest BCUT2D eigenvalue weighted by molar-refractivity contribution is 5.82. The summed E-state index contributed by atoms with van der Waals surface area (Å²) < 4.78 is 1.86. The van der Waals surface area contributed by atoms with Gasteiger partial charge in [-0.05, 0) is 63.6 Å². The first-order valence-corrected chi connectivity index (χ1v) is 17.8. The second-order valence-corrected chi connectivity index (χ2v) is 12.9. The summed E-state index contributed by atoms with van der Waals surface area (Å²) in [6.45, 7) is 4.66. The molecule has 0 saturated heterocycles. The van der Waals surface area contributed by atoms with Crippen molar-refractivity contribution in [2.75, 3.05) is 0 Å². The molecule has 0 aliphatic heterocycles. The first kappa shape index (κ1) is 32.7. The smallest absolute Gasteiger partial charge is 0.251 e. The maximum absolute atomic E-state index is 13.2. The van der Waals surface area contributed by atoms with Crippen LogP contribution >= 0.6 is 0 Å². The van der Waals surface area contributed by atoms with Gasteiger partial charge in [-0.15, -0.1) is 15.0 Å². The molecule has 0 aliphatic carbocycles. The number of pyridine rings is 2. The lowest BCUT2D eigenvalue weighted by atomic mass is 9.77. The zero-order valence-corrected chi connectivity index (χ0v) is 29.2. The van der Waals surface area contributed by atoms with E-state index in [1.807, 2.05) is 83.4 Å². The summed E-state index contributed by atoms with van der Waals surface area (Å²) in [4.78, 5) is 19.8. The predicted molar refractivity (Wildman–Crippen MR) is 207 cm³/mol. The van der Waals surface area contributed by atoms with E-state index >= 15 is 0 Å². The fourth-order valence-electron chi connectivity index (χ4n) is 7.28. The normalized spacial score (nSPS) is 11.6. The van der Waals surface area contributed by atoms with Gasteiger partial charge in [0, 0.05) is 28.4 Å². The van der Waals surface area contributed by atoms with E-state index < -0.39 is 5.54 Å². The summed E-state index contributed by atoms with van der Waals surface area (Å²) in [7, 11) is 0. The van der Waals surface area contributed by atoms with Crippen molar-refractivity contribution in [2.45, 2.75) is 38.8 Å². The Balaban J connectivity index is 1.19. The van der Waals surface area contributed by atoms with Crippen molar-refractivity contribution in [1.29, 1.82) is 0 Å². The number of hydrogen-bond acceptors (Lipinski definition) is 5. The minimum atomic E-state index is -0.864. The van der Waals surface area contributed by atoms with Crippen LogP contribution in [0.3, 0.4) is 0 Å². The van der Waals surface area contributed by atoms with Crippen LogP contribution in [-0.2, 0) is 24.9 Å². The molecule has 3 aromatic heterocycles. The zero-order chi connectivity index (χ0) is 35.5. The number of benzene rings is 5. The molecule has 0 amide bonds. The maximum atomic E-state index is 13.2. The summed E-state index contributed by atoms with van der Waals surface area (Å²) >= 11 is 0. The van der Waals surface area contributed by atoms with Crippen molar-refractivity contribution in [3.8, 4) is 22.5 Å². The number of fused-ring (bicyclic) bond motifs is 1. The third-order valence-electron chi connectivity index (χ3n) is 9.88. The summed E-state index contributed by atoms with van der Waals surface area (Å²) in [6, 6.07) is 53.2. The van der Waals surface area contributed by atoms with E-state index in [4.69, 9.17) is 20.4 Å². The monoisotopic (exact) mass is 678 g/mol. The summed E-state index contributed by atoms with van der Waals surface area (Å²) in [6.07, 6.45) is 1.62. The lowest BCUT2D eigenvalue weighted by molar-refractivity contribution is 0.396. The van der Waals surface area contributed by atoms with E-state index in [2.05, 4.69) is 86.6 Å². The first-order chi connectivity index (χ1) is 25.6. The van der Waals surface area contributed by atoms with Crippen LogP contribution in [0.5, 0.6) is 0 Å². The van der Waals surface area contributed by atoms with E-state index in [-0.39, 0.29) is 5.56 Å². The van der Waals surface area contributed by atoms with E-state index in [0.717, 1.165) is 74.1 Å². The van der Waals surface area contributed by atoms with Crippen LogP contribution < -0.4 is 5.56 Å². The molecule has 5 aromatic carbocycles. The van der Waals surface area contributed by atoms with Crippen LogP contribution in [0.15, 0.2) is 163 Å². The molecule has 7 heteroatoms. The number of rotatable bonds is 10. The molecule has 0 fully saturated rings. The summed E-state index contributed by atoms with van der Waals surface area (Å²) in [5.74, 6) is 0.529. The summed E-state index contributed by atoms with van der Waals surface area (Å²) in [5.41, 5.74) is 9.06. The minimum absolute atomic E-state index is 0.0241. The van der Waals surface area contributed by atoms with Crippen LogP contribution in [0.25, 0.3) is 33.4 Å². The molecular weight excluding hydrogens is 641 g/mol. The molecule has 0 aliphatic rings. The van der Waals surface area contributed by atoms with Crippen LogP contribution in [0.1, 0.15) is 47.5 Å². The molecule has 8 rings (SSSR count). The van der Waals surface area contributed by atoms with Crippen molar-refractivity contribution in [2.24, 2.45) is 0 Å². The van der Waals surface area contributed by atoms with Gasteiger partial charge in [0.25, 0.3) is 5.56 Å². The lowest BCUT2D eigenvalue weighted by Gasteiger charge is -2.34. The number of aromatic nitrogens is 6. The highest BCUT2D eigenvalue weighted by Crippen LogP contribution is 2.40. The molecule has 52 heavy (non-hydrogen) atoms. The van der Waals surface area contributed by atoms with E-state index in [9.17, 15) is 4.79 Å². The molecule has 254 valence electrons. The van der Waals surface area contributed by atoms with Gasteiger partial charge >= 0.3 is 0 Å². The Hall–Kier alpha value is -6.47. The molecule has 3 heterocycles.